The molecule has 1 rings (SSSR count). The predicted molar refractivity (Wildman–Crippen MR) is 65.8 cm³/mol. The second-order valence-electron chi connectivity index (χ2n) is 3.51. The Morgan fingerprint density at radius 3 is 2.53 bits per heavy atom. The quantitative estimate of drug-likeness (QED) is 0.832. The van der Waals surface area contributed by atoms with Crippen molar-refractivity contribution in [1.29, 1.82) is 0 Å². The summed E-state index contributed by atoms with van der Waals surface area (Å²) in [5.41, 5.74) is 0.815. The monoisotopic (exact) mass is 259 g/mol. The Hall–Kier alpha value is -1.27. The van der Waals surface area contributed by atoms with Gasteiger partial charge in [-0.2, -0.15) is 0 Å². The zero-order valence-corrected chi connectivity index (χ0v) is 11.0. The van der Waals surface area contributed by atoms with E-state index in [2.05, 4.69) is 4.72 Å². The Morgan fingerprint density at radius 1 is 1.29 bits per heavy atom. The van der Waals surface area contributed by atoms with Gasteiger partial charge in [-0.15, -0.1) is 0 Å². The second-order valence-corrected chi connectivity index (χ2v) is 5.34. The van der Waals surface area contributed by atoms with Gasteiger partial charge in [0.05, 0.1) is 20.0 Å². The van der Waals surface area contributed by atoms with E-state index in [-0.39, 0.29) is 6.54 Å². The van der Waals surface area contributed by atoms with Gasteiger partial charge in [0.25, 0.3) is 0 Å². The van der Waals surface area contributed by atoms with Crippen LogP contribution in [0.25, 0.3) is 0 Å². The number of nitrogens with one attached hydrogen (secondary N) is 1. The van der Waals surface area contributed by atoms with Gasteiger partial charge in [-0.05, 0) is 24.6 Å². The van der Waals surface area contributed by atoms with Crippen molar-refractivity contribution < 1.29 is 17.9 Å². The van der Waals surface area contributed by atoms with Gasteiger partial charge >= 0.3 is 0 Å². The Morgan fingerprint density at radius 2 is 2.00 bits per heavy atom. The maximum atomic E-state index is 11.0. The molecule has 0 bridgehead atoms. The van der Waals surface area contributed by atoms with E-state index in [0.29, 0.717) is 18.1 Å². The SMILES string of the molecule is CCOc1ccc(CNS(C)(=O)=O)cc1OC. The fraction of sp³-hybridized carbons (Fsp3) is 0.455. The average Bonchev–Trinajstić information content (AvgIpc) is 2.27. The van der Waals surface area contributed by atoms with Crippen molar-refractivity contribution in [2.45, 2.75) is 13.5 Å². The van der Waals surface area contributed by atoms with Crippen LogP contribution in [0.3, 0.4) is 0 Å². The summed E-state index contributed by atoms with van der Waals surface area (Å²) >= 11 is 0. The number of rotatable bonds is 6. The fourth-order valence-electron chi connectivity index (χ4n) is 1.31. The Balaban J connectivity index is 2.82. The van der Waals surface area contributed by atoms with Crippen LogP contribution >= 0.6 is 0 Å². The normalized spacial score (nSPS) is 11.2. The molecule has 0 radical (unpaired) electrons. The minimum Gasteiger partial charge on any atom is -0.493 e. The molecule has 1 aromatic carbocycles. The van der Waals surface area contributed by atoms with E-state index in [9.17, 15) is 8.42 Å². The van der Waals surface area contributed by atoms with Crippen LogP contribution in [-0.4, -0.2) is 28.4 Å². The fourth-order valence-corrected chi connectivity index (χ4v) is 1.74. The first-order chi connectivity index (χ1) is 7.96. The van der Waals surface area contributed by atoms with Gasteiger partial charge in [-0.25, -0.2) is 13.1 Å². The van der Waals surface area contributed by atoms with Crippen LogP contribution in [0.1, 0.15) is 12.5 Å². The molecular weight excluding hydrogens is 242 g/mol. The van der Waals surface area contributed by atoms with Crippen LogP contribution in [0, 0.1) is 0 Å². The molecule has 0 fully saturated rings. The standard InChI is InChI=1S/C11H17NO4S/c1-4-16-10-6-5-9(7-11(10)15-2)8-12-17(3,13)14/h5-7,12H,4,8H2,1-3H3. The highest BCUT2D eigenvalue weighted by Crippen LogP contribution is 2.27. The van der Waals surface area contributed by atoms with Crippen LogP contribution in [0.4, 0.5) is 0 Å². The highest BCUT2D eigenvalue weighted by Gasteiger charge is 2.06. The van der Waals surface area contributed by atoms with Crippen LogP contribution in [0.15, 0.2) is 18.2 Å². The average molecular weight is 259 g/mol. The highest BCUT2D eigenvalue weighted by molar-refractivity contribution is 7.88. The predicted octanol–water partition coefficient (Wildman–Crippen LogP) is 1.14. The molecule has 17 heavy (non-hydrogen) atoms. The Labute approximate surface area is 102 Å². The molecule has 96 valence electrons. The first-order valence-corrected chi connectivity index (χ1v) is 7.09. The molecule has 0 unspecified atom stereocenters. The van der Waals surface area contributed by atoms with E-state index >= 15 is 0 Å². The summed E-state index contributed by atoms with van der Waals surface area (Å²) < 4.78 is 34.9. The summed E-state index contributed by atoms with van der Waals surface area (Å²) in [5, 5.41) is 0. The van der Waals surface area contributed by atoms with Crippen molar-refractivity contribution in [1.82, 2.24) is 4.72 Å². The van der Waals surface area contributed by atoms with Crippen LogP contribution in [0.5, 0.6) is 11.5 Å². The van der Waals surface area contributed by atoms with E-state index < -0.39 is 10.0 Å². The highest BCUT2D eigenvalue weighted by atomic mass is 32.2. The lowest BCUT2D eigenvalue weighted by atomic mass is 10.2. The number of sulfonamides is 1. The largest absolute Gasteiger partial charge is 0.493 e. The molecule has 0 heterocycles. The first-order valence-electron chi connectivity index (χ1n) is 5.20. The van der Waals surface area contributed by atoms with Crippen LogP contribution in [-0.2, 0) is 16.6 Å². The van der Waals surface area contributed by atoms with E-state index in [0.717, 1.165) is 11.8 Å². The maximum absolute atomic E-state index is 11.0. The summed E-state index contributed by atoms with van der Waals surface area (Å²) in [4.78, 5) is 0. The van der Waals surface area contributed by atoms with E-state index in [4.69, 9.17) is 9.47 Å². The summed E-state index contributed by atoms with van der Waals surface area (Å²) in [6, 6.07) is 5.32. The summed E-state index contributed by atoms with van der Waals surface area (Å²) in [7, 11) is -1.64. The number of methoxy groups -OCH3 is 1. The van der Waals surface area contributed by atoms with Crippen molar-refractivity contribution in [3.05, 3.63) is 23.8 Å². The molecule has 0 atom stereocenters. The lowest BCUT2D eigenvalue weighted by Crippen LogP contribution is -2.21. The van der Waals surface area contributed by atoms with E-state index in [1.165, 1.54) is 0 Å². The minimum atomic E-state index is -3.18. The zero-order chi connectivity index (χ0) is 12.9. The molecule has 6 heteroatoms. The second kappa shape index (κ2) is 5.88. The minimum absolute atomic E-state index is 0.238. The zero-order valence-electron chi connectivity index (χ0n) is 10.2. The van der Waals surface area contributed by atoms with Crippen molar-refractivity contribution in [2.24, 2.45) is 0 Å². The first kappa shape index (κ1) is 13.8. The molecule has 0 saturated carbocycles. The molecule has 0 aliphatic carbocycles. The summed E-state index contributed by atoms with van der Waals surface area (Å²) in [5.74, 6) is 1.25. The van der Waals surface area contributed by atoms with E-state index in [1.54, 1.807) is 25.3 Å². The van der Waals surface area contributed by atoms with Gasteiger partial charge in [0.2, 0.25) is 10.0 Å². The van der Waals surface area contributed by atoms with Crippen molar-refractivity contribution in [3.63, 3.8) is 0 Å². The Kier molecular flexibility index (Phi) is 4.77. The van der Waals surface area contributed by atoms with Gasteiger partial charge in [0, 0.05) is 6.54 Å². The maximum Gasteiger partial charge on any atom is 0.209 e. The molecule has 1 N–H and O–H groups in total. The molecule has 0 aliphatic heterocycles. The molecule has 0 amide bonds. The third kappa shape index (κ3) is 4.62. The molecule has 5 nitrogen and oxygen atoms in total. The van der Waals surface area contributed by atoms with Gasteiger partial charge in [0.15, 0.2) is 11.5 Å². The smallest absolute Gasteiger partial charge is 0.209 e. The van der Waals surface area contributed by atoms with Crippen molar-refractivity contribution in [2.75, 3.05) is 20.0 Å². The lowest BCUT2D eigenvalue weighted by molar-refractivity contribution is 0.310. The number of hydrogen-bond acceptors (Lipinski definition) is 4. The molecular formula is C11H17NO4S. The van der Waals surface area contributed by atoms with Gasteiger partial charge in [-0.3, -0.25) is 0 Å². The molecule has 1 aromatic rings. The Bertz CT molecular complexity index is 470. The van der Waals surface area contributed by atoms with Crippen molar-refractivity contribution in [3.8, 4) is 11.5 Å². The summed E-state index contributed by atoms with van der Waals surface area (Å²) in [6.07, 6.45) is 1.12. The van der Waals surface area contributed by atoms with Crippen LogP contribution in [0.2, 0.25) is 0 Å². The van der Waals surface area contributed by atoms with Crippen LogP contribution < -0.4 is 14.2 Å². The lowest BCUT2D eigenvalue weighted by Gasteiger charge is -2.11. The summed E-state index contributed by atoms with van der Waals surface area (Å²) in [6.45, 7) is 2.68. The molecule has 0 aromatic heterocycles. The van der Waals surface area contributed by atoms with Gasteiger partial charge in [-0.1, -0.05) is 6.07 Å². The molecule has 0 spiro atoms. The van der Waals surface area contributed by atoms with Crippen molar-refractivity contribution >= 4 is 10.0 Å². The molecule has 0 aliphatic rings. The number of hydrogen-bond donors (Lipinski definition) is 1. The van der Waals surface area contributed by atoms with Gasteiger partial charge < -0.3 is 9.47 Å². The third-order valence-corrected chi connectivity index (χ3v) is 2.74. The number of benzene rings is 1. The third-order valence-electron chi connectivity index (χ3n) is 2.07. The molecule has 0 saturated heterocycles. The van der Waals surface area contributed by atoms with Gasteiger partial charge in [0.1, 0.15) is 0 Å². The topological polar surface area (TPSA) is 64.6 Å². The van der Waals surface area contributed by atoms with E-state index in [1.807, 2.05) is 6.92 Å². The number of ether oxygens (including phenoxy) is 2.